The fraction of sp³-hybridized carbons (Fsp3) is 0. The van der Waals surface area contributed by atoms with E-state index in [0.717, 1.165) is 22.2 Å². The van der Waals surface area contributed by atoms with Gasteiger partial charge in [-0.25, -0.2) is 0 Å². The number of aromatic nitrogens is 1. The lowest BCUT2D eigenvalue weighted by Gasteiger charge is -2.10. The predicted molar refractivity (Wildman–Crippen MR) is 109 cm³/mol. The maximum atomic E-state index is 12.4. The summed E-state index contributed by atoms with van der Waals surface area (Å²) in [4.78, 5) is 27.9. The molecule has 138 valence electrons. The van der Waals surface area contributed by atoms with Crippen LogP contribution in [0.2, 0.25) is 0 Å². The molecule has 28 heavy (non-hydrogen) atoms. The molecule has 2 amide bonds. The first-order valence-electron chi connectivity index (χ1n) is 8.69. The van der Waals surface area contributed by atoms with E-state index < -0.39 is 11.8 Å². The van der Waals surface area contributed by atoms with E-state index in [1.807, 2.05) is 42.5 Å². The summed E-state index contributed by atoms with van der Waals surface area (Å²) in [5.74, 6) is -1.62. The van der Waals surface area contributed by atoms with Gasteiger partial charge >= 0.3 is 11.8 Å². The number of carbonyl (C=O) groups excluding carboxylic acids is 2. The number of para-hydroxylation sites is 2. The minimum Gasteiger partial charge on any atom is -0.508 e. The van der Waals surface area contributed by atoms with Gasteiger partial charge in [0, 0.05) is 33.9 Å². The van der Waals surface area contributed by atoms with Crippen LogP contribution >= 0.6 is 0 Å². The number of anilines is 2. The van der Waals surface area contributed by atoms with Crippen molar-refractivity contribution >= 4 is 34.1 Å². The third-order valence-corrected chi connectivity index (χ3v) is 4.31. The van der Waals surface area contributed by atoms with E-state index in [9.17, 15) is 14.7 Å². The normalized spacial score (nSPS) is 10.6. The summed E-state index contributed by atoms with van der Waals surface area (Å²) in [6.07, 6.45) is 0. The molecule has 4 rings (SSSR count). The molecule has 0 aliphatic heterocycles. The average Bonchev–Trinajstić information content (AvgIpc) is 3.12. The second-order valence-electron chi connectivity index (χ2n) is 6.27. The van der Waals surface area contributed by atoms with Crippen molar-refractivity contribution in [3.63, 3.8) is 0 Å². The number of benzene rings is 3. The van der Waals surface area contributed by atoms with Crippen molar-refractivity contribution in [1.82, 2.24) is 4.98 Å². The summed E-state index contributed by atoms with van der Waals surface area (Å²) in [5.41, 5.74) is 3.46. The number of fused-ring (bicyclic) bond motifs is 1. The fourth-order valence-corrected chi connectivity index (χ4v) is 3.00. The minimum absolute atomic E-state index is 0.00219. The number of phenols is 1. The molecule has 4 N–H and O–H groups in total. The quantitative estimate of drug-likeness (QED) is 0.408. The number of aromatic amines is 1. The molecule has 6 nitrogen and oxygen atoms in total. The molecule has 0 saturated carbocycles. The van der Waals surface area contributed by atoms with Crippen molar-refractivity contribution in [2.24, 2.45) is 0 Å². The number of carbonyl (C=O) groups is 2. The molecule has 0 saturated heterocycles. The Balaban J connectivity index is 1.56. The molecule has 0 radical (unpaired) electrons. The molecule has 1 heterocycles. The van der Waals surface area contributed by atoms with Crippen LogP contribution in [0.4, 0.5) is 11.4 Å². The van der Waals surface area contributed by atoms with Gasteiger partial charge in [-0.05, 0) is 30.3 Å². The van der Waals surface area contributed by atoms with E-state index in [4.69, 9.17) is 0 Å². The first-order chi connectivity index (χ1) is 13.6. The number of hydrogen-bond acceptors (Lipinski definition) is 3. The van der Waals surface area contributed by atoms with E-state index in [1.54, 1.807) is 24.3 Å². The highest BCUT2D eigenvalue weighted by atomic mass is 16.3. The van der Waals surface area contributed by atoms with Crippen LogP contribution in [0.15, 0.2) is 78.9 Å². The van der Waals surface area contributed by atoms with Gasteiger partial charge in [-0.2, -0.15) is 0 Å². The summed E-state index contributed by atoms with van der Waals surface area (Å²) < 4.78 is 0. The van der Waals surface area contributed by atoms with Gasteiger partial charge in [-0.3, -0.25) is 9.59 Å². The smallest absolute Gasteiger partial charge is 0.314 e. The van der Waals surface area contributed by atoms with Crippen molar-refractivity contribution in [3.05, 3.63) is 78.9 Å². The molecular weight excluding hydrogens is 354 g/mol. The number of phenolic OH excluding ortho intramolecular Hbond substituents is 1. The van der Waals surface area contributed by atoms with Gasteiger partial charge in [0.1, 0.15) is 5.75 Å². The fourth-order valence-electron chi connectivity index (χ4n) is 3.00. The molecule has 3 aromatic carbocycles. The average molecular weight is 371 g/mol. The molecule has 0 fully saturated rings. The second kappa shape index (κ2) is 7.28. The predicted octanol–water partition coefficient (Wildman–Crippen LogP) is 4.12. The monoisotopic (exact) mass is 371 g/mol. The van der Waals surface area contributed by atoms with Crippen LogP contribution in [-0.2, 0) is 9.59 Å². The van der Waals surface area contributed by atoms with Gasteiger partial charge in [-0.1, -0.05) is 42.5 Å². The summed E-state index contributed by atoms with van der Waals surface area (Å²) in [6, 6.07) is 23.1. The van der Waals surface area contributed by atoms with Crippen molar-refractivity contribution < 1.29 is 14.7 Å². The number of hydrogen-bond donors (Lipinski definition) is 4. The van der Waals surface area contributed by atoms with E-state index in [2.05, 4.69) is 15.6 Å². The number of rotatable bonds is 3. The number of H-pyrrole nitrogens is 1. The van der Waals surface area contributed by atoms with Crippen LogP contribution in [0.25, 0.3) is 22.2 Å². The molecule has 0 aliphatic rings. The van der Waals surface area contributed by atoms with Gasteiger partial charge in [0.15, 0.2) is 0 Å². The second-order valence-corrected chi connectivity index (χ2v) is 6.27. The summed E-state index contributed by atoms with van der Waals surface area (Å²) in [5, 5.41) is 15.6. The van der Waals surface area contributed by atoms with Crippen molar-refractivity contribution in [2.75, 3.05) is 10.6 Å². The van der Waals surface area contributed by atoms with Crippen LogP contribution in [0.1, 0.15) is 0 Å². The standard InChI is InChI=1S/C22H17N3O3/c26-16-8-5-7-15(13-16)23-21(27)22(28)25-19-11-4-2-9-17(19)20-12-14-6-1-3-10-18(14)24-20/h1-13,24,26H,(H,23,27)(H,25,28). The van der Waals surface area contributed by atoms with Crippen LogP contribution in [0, 0.1) is 0 Å². The number of nitrogens with one attached hydrogen (secondary N) is 3. The Bertz CT molecular complexity index is 1150. The van der Waals surface area contributed by atoms with Crippen LogP contribution in [-0.4, -0.2) is 21.9 Å². The topological polar surface area (TPSA) is 94.2 Å². The molecule has 0 atom stereocenters. The Morgan fingerprint density at radius 3 is 2.36 bits per heavy atom. The van der Waals surface area contributed by atoms with Crippen molar-refractivity contribution in [3.8, 4) is 17.0 Å². The first kappa shape index (κ1) is 17.4. The Morgan fingerprint density at radius 1 is 0.786 bits per heavy atom. The maximum Gasteiger partial charge on any atom is 0.314 e. The summed E-state index contributed by atoms with van der Waals surface area (Å²) >= 11 is 0. The highest BCUT2D eigenvalue weighted by Crippen LogP contribution is 2.30. The summed E-state index contributed by atoms with van der Waals surface area (Å²) in [6.45, 7) is 0. The minimum atomic E-state index is -0.822. The lowest BCUT2D eigenvalue weighted by molar-refractivity contribution is -0.132. The third kappa shape index (κ3) is 3.57. The van der Waals surface area contributed by atoms with Gasteiger partial charge in [0.05, 0.1) is 5.69 Å². The molecule has 0 spiro atoms. The van der Waals surface area contributed by atoms with Gasteiger partial charge in [0.2, 0.25) is 0 Å². The number of amides is 2. The Hall–Kier alpha value is -4.06. The van der Waals surface area contributed by atoms with Crippen molar-refractivity contribution in [1.29, 1.82) is 0 Å². The molecule has 4 aromatic rings. The van der Waals surface area contributed by atoms with Gasteiger partial charge in [-0.15, -0.1) is 0 Å². The molecule has 6 heteroatoms. The van der Waals surface area contributed by atoms with Gasteiger partial charge < -0.3 is 20.7 Å². The molecular formula is C22H17N3O3. The SMILES string of the molecule is O=C(Nc1cccc(O)c1)C(=O)Nc1ccccc1-c1cc2ccccc2[nH]1. The zero-order valence-corrected chi connectivity index (χ0v) is 14.8. The third-order valence-electron chi connectivity index (χ3n) is 4.31. The van der Waals surface area contributed by atoms with E-state index in [0.29, 0.717) is 11.4 Å². The first-order valence-corrected chi connectivity index (χ1v) is 8.69. The van der Waals surface area contributed by atoms with Crippen molar-refractivity contribution in [2.45, 2.75) is 0 Å². The zero-order valence-electron chi connectivity index (χ0n) is 14.8. The summed E-state index contributed by atoms with van der Waals surface area (Å²) in [7, 11) is 0. The Morgan fingerprint density at radius 2 is 1.54 bits per heavy atom. The van der Waals surface area contributed by atoms with E-state index >= 15 is 0 Å². The van der Waals surface area contributed by atoms with Gasteiger partial charge in [0.25, 0.3) is 0 Å². The Kier molecular flexibility index (Phi) is 4.51. The van der Waals surface area contributed by atoms with Crippen LogP contribution < -0.4 is 10.6 Å². The lowest BCUT2D eigenvalue weighted by Crippen LogP contribution is -2.29. The van der Waals surface area contributed by atoms with Crippen LogP contribution in [0.3, 0.4) is 0 Å². The highest BCUT2D eigenvalue weighted by Gasteiger charge is 2.17. The molecule has 0 bridgehead atoms. The number of aromatic hydroxyl groups is 1. The van der Waals surface area contributed by atoms with Crippen LogP contribution in [0.5, 0.6) is 5.75 Å². The Labute approximate surface area is 160 Å². The van der Waals surface area contributed by atoms with E-state index in [-0.39, 0.29) is 5.75 Å². The maximum absolute atomic E-state index is 12.4. The zero-order chi connectivity index (χ0) is 19.5. The molecule has 1 aromatic heterocycles. The lowest BCUT2D eigenvalue weighted by atomic mass is 10.1. The van der Waals surface area contributed by atoms with E-state index in [1.165, 1.54) is 12.1 Å². The molecule has 0 unspecified atom stereocenters. The molecule has 0 aliphatic carbocycles. The highest BCUT2D eigenvalue weighted by molar-refractivity contribution is 6.44. The largest absolute Gasteiger partial charge is 0.508 e.